The van der Waals surface area contributed by atoms with E-state index >= 15 is 0 Å². The summed E-state index contributed by atoms with van der Waals surface area (Å²) in [5, 5.41) is 3.58. The average Bonchev–Trinajstić information content (AvgIpc) is 3.19. The zero-order chi connectivity index (χ0) is 21.1. The van der Waals surface area contributed by atoms with Crippen LogP contribution in [0, 0.1) is 0 Å². The minimum absolute atomic E-state index is 0.334. The molecule has 2 aliphatic rings. The maximum Gasteiger partial charge on any atom is 0.161 e. The summed E-state index contributed by atoms with van der Waals surface area (Å²) in [6, 6.07) is 13.4. The molecule has 0 spiro atoms. The van der Waals surface area contributed by atoms with Crippen molar-refractivity contribution in [3.05, 3.63) is 65.4 Å². The van der Waals surface area contributed by atoms with E-state index in [0.717, 1.165) is 56.7 Å². The molecule has 4 rings (SSSR count). The molecule has 2 aromatic carbocycles. The Morgan fingerprint density at radius 1 is 1.10 bits per heavy atom. The minimum Gasteiger partial charge on any atom is -0.493 e. The smallest absolute Gasteiger partial charge is 0.161 e. The number of rotatable bonds is 8. The molecule has 0 radical (unpaired) electrons. The first-order chi connectivity index (χ1) is 14.7. The van der Waals surface area contributed by atoms with E-state index in [0.29, 0.717) is 12.0 Å². The van der Waals surface area contributed by atoms with Gasteiger partial charge in [0.2, 0.25) is 0 Å². The molecule has 0 saturated heterocycles. The second-order valence-electron chi connectivity index (χ2n) is 8.42. The summed E-state index contributed by atoms with van der Waals surface area (Å²) in [5.41, 5.74) is 6.76. The molecule has 0 amide bonds. The molecule has 0 aliphatic carbocycles. The van der Waals surface area contributed by atoms with Gasteiger partial charge in [0, 0.05) is 30.4 Å². The molecular weight excluding hydrogens is 372 g/mol. The fourth-order valence-corrected chi connectivity index (χ4v) is 5.12. The number of methoxy groups -OCH3 is 2. The van der Waals surface area contributed by atoms with E-state index in [1.54, 1.807) is 14.2 Å². The number of hydrogen-bond acceptors (Lipinski definition) is 4. The van der Waals surface area contributed by atoms with Crippen LogP contribution in [0.15, 0.2) is 48.7 Å². The Morgan fingerprint density at radius 3 is 2.63 bits per heavy atom. The first kappa shape index (κ1) is 20.6. The number of ether oxygens (including phenoxy) is 2. The molecule has 0 aromatic heterocycles. The second-order valence-corrected chi connectivity index (χ2v) is 8.42. The molecule has 2 aromatic rings. The Morgan fingerprint density at radius 2 is 1.87 bits per heavy atom. The summed E-state index contributed by atoms with van der Waals surface area (Å²) in [6.45, 7) is 8.72. The van der Waals surface area contributed by atoms with Crippen molar-refractivity contribution in [1.29, 1.82) is 0 Å². The lowest BCUT2D eigenvalue weighted by Gasteiger charge is -2.41. The summed E-state index contributed by atoms with van der Waals surface area (Å²) in [7, 11) is 3.43. The fourth-order valence-electron chi connectivity index (χ4n) is 5.12. The Labute approximate surface area is 180 Å². The van der Waals surface area contributed by atoms with E-state index in [2.05, 4.69) is 60.1 Å². The highest BCUT2D eigenvalue weighted by Crippen LogP contribution is 2.43. The van der Waals surface area contributed by atoms with E-state index in [1.165, 1.54) is 28.1 Å². The SMILES string of the molecule is C=C(CCC)N1CCc2cc(OC)c(OC)cc2C1CCC1CNc2ccccc21. The van der Waals surface area contributed by atoms with E-state index in [-0.39, 0.29) is 0 Å². The molecule has 160 valence electrons. The quantitative estimate of drug-likeness (QED) is 0.591. The number of fused-ring (bicyclic) bond motifs is 2. The molecule has 1 N–H and O–H groups in total. The van der Waals surface area contributed by atoms with Gasteiger partial charge < -0.3 is 19.7 Å². The van der Waals surface area contributed by atoms with Crippen LogP contribution in [-0.2, 0) is 6.42 Å². The number of para-hydroxylation sites is 1. The van der Waals surface area contributed by atoms with Crippen LogP contribution >= 0.6 is 0 Å². The van der Waals surface area contributed by atoms with Gasteiger partial charge >= 0.3 is 0 Å². The maximum atomic E-state index is 5.64. The van der Waals surface area contributed by atoms with Crippen LogP contribution < -0.4 is 14.8 Å². The zero-order valence-corrected chi connectivity index (χ0v) is 18.5. The molecule has 2 heterocycles. The highest BCUT2D eigenvalue weighted by Gasteiger charge is 2.31. The average molecular weight is 407 g/mol. The Balaban J connectivity index is 1.62. The lowest BCUT2D eigenvalue weighted by molar-refractivity contribution is 0.214. The molecule has 0 bridgehead atoms. The van der Waals surface area contributed by atoms with Crippen LogP contribution in [0.25, 0.3) is 0 Å². The number of benzene rings is 2. The van der Waals surface area contributed by atoms with Crippen molar-refractivity contribution >= 4 is 5.69 Å². The highest BCUT2D eigenvalue weighted by atomic mass is 16.5. The van der Waals surface area contributed by atoms with Crippen LogP contribution in [0.2, 0.25) is 0 Å². The van der Waals surface area contributed by atoms with Crippen LogP contribution in [0.5, 0.6) is 11.5 Å². The van der Waals surface area contributed by atoms with Gasteiger partial charge in [-0.2, -0.15) is 0 Å². The molecule has 2 atom stereocenters. The van der Waals surface area contributed by atoms with Gasteiger partial charge in [0.1, 0.15) is 0 Å². The van der Waals surface area contributed by atoms with Gasteiger partial charge in [-0.25, -0.2) is 0 Å². The normalized spacial score (nSPS) is 19.6. The van der Waals surface area contributed by atoms with Crippen LogP contribution in [0.3, 0.4) is 0 Å². The number of anilines is 1. The van der Waals surface area contributed by atoms with Crippen LogP contribution in [0.1, 0.15) is 61.3 Å². The van der Waals surface area contributed by atoms with Gasteiger partial charge in [0.05, 0.1) is 20.3 Å². The summed E-state index contributed by atoms with van der Waals surface area (Å²) in [6.07, 6.45) is 5.45. The van der Waals surface area contributed by atoms with Crippen LogP contribution in [-0.4, -0.2) is 32.2 Å². The van der Waals surface area contributed by atoms with Crippen molar-refractivity contribution in [3.8, 4) is 11.5 Å². The van der Waals surface area contributed by atoms with E-state index in [1.807, 2.05) is 0 Å². The molecular formula is C26H34N2O2. The number of hydrogen-bond donors (Lipinski definition) is 1. The Kier molecular flexibility index (Phi) is 6.21. The summed E-state index contributed by atoms with van der Waals surface area (Å²) in [5.74, 6) is 2.20. The lowest BCUT2D eigenvalue weighted by Crippen LogP contribution is -2.35. The summed E-state index contributed by atoms with van der Waals surface area (Å²) < 4.78 is 11.2. The number of nitrogens with one attached hydrogen (secondary N) is 1. The molecule has 0 saturated carbocycles. The van der Waals surface area contributed by atoms with Crippen LogP contribution in [0.4, 0.5) is 5.69 Å². The van der Waals surface area contributed by atoms with E-state index in [9.17, 15) is 0 Å². The van der Waals surface area contributed by atoms with Gasteiger partial charge in [-0.15, -0.1) is 0 Å². The molecule has 30 heavy (non-hydrogen) atoms. The maximum absolute atomic E-state index is 5.64. The largest absolute Gasteiger partial charge is 0.493 e. The van der Waals surface area contributed by atoms with Gasteiger partial charge in [0.25, 0.3) is 0 Å². The van der Waals surface area contributed by atoms with Gasteiger partial charge in [-0.1, -0.05) is 38.1 Å². The van der Waals surface area contributed by atoms with Gasteiger partial charge in [0.15, 0.2) is 11.5 Å². The monoisotopic (exact) mass is 406 g/mol. The third kappa shape index (κ3) is 3.88. The van der Waals surface area contributed by atoms with Crippen molar-refractivity contribution in [2.45, 2.75) is 51.0 Å². The third-order valence-electron chi connectivity index (χ3n) is 6.68. The topological polar surface area (TPSA) is 33.7 Å². The molecule has 0 fully saturated rings. The standard InChI is InChI=1S/C26H34N2O2/c1-5-8-18(2)28-14-13-19-15-25(29-3)26(30-4)16-22(19)24(28)12-11-20-17-27-23-10-7-6-9-21(20)23/h6-7,9-10,15-16,20,24,27H,2,5,8,11-14,17H2,1,3-4H3. The molecule has 2 unspecified atom stereocenters. The first-order valence-corrected chi connectivity index (χ1v) is 11.2. The Bertz CT molecular complexity index is 908. The van der Waals surface area contributed by atoms with Gasteiger partial charge in [-0.3, -0.25) is 0 Å². The third-order valence-corrected chi connectivity index (χ3v) is 6.68. The molecule has 2 aliphatic heterocycles. The highest BCUT2D eigenvalue weighted by molar-refractivity contribution is 5.57. The van der Waals surface area contributed by atoms with Gasteiger partial charge in [-0.05, 0) is 60.6 Å². The molecule has 4 heteroatoms. The predicted octanol–water partition coefficient (Wildman–Crippen LogP) is 5.91. The zero-order valence-electron chi connectivity index (χ0n) is 18.5. The summed E-state index contributed by atoms with van der Waals surface area (Å²) in [4.78, 5) is 2.55. The minimum atomic E-state index is 0.334. The van der Waals surface area contributed by atoms with E-state index in [4.69, 9.17) is 9.47 Å². The Hall–Kier alpha value is -2.62. The number of nitrogens with zero attached hydrogens (tertiary/aromatic N) is 1. The van der Waals surface area contributed by atoms with Crippen molar-refractivity contribution < 1.29 is 9.47 Å². The predicted molar refractivity (Wildman–Crippen MR) is 124 cm³/mol. The molecule has 4 nitrogen and oxygen atoms in total. The fraction of sp³-hybridized carbons (Fsp3) is 0.462. The lowest BCUT2D eigenvalue weighted by atomic mass is 9.85. The van der Waals surface area contributed by atoms with Crippen molar-refractivity contribution in [2.75, 3.05) is 32.6 Å². The first-order valence-electron chi connectivity index (χ1n) is 11.2. The van der Waals surface area contributed by atoms with Crippen molar-refractivity contribution in [3.63, 3.8) is 0 Å². The summed E-state index contributed by atoms with van der Waals surface area (Å²) >= 11 is 0. The second kappa shape index (κ2) is 9.03. The van der Waals surface area contributed by atoms with E-state index < -0.39 is 0 Å². The number of allylic oxidation sites excluding steroid dienone is 1. The van der Waals surface area contributed by atoms with Crippen molar-refractivity contribution in [1.82, 2.24) is 4.90 Å². The van der Waals surface area contributed by atoms with Crippen molar-refractivity contribution in [2.24, 2.45) is 0 Å².